The average molecular weight is 499 g/mol. The molecular formula is C29H30N4O2S. The average Bonchev–Trinajstić information content (AvgIpc) is 3.55. The molecule has 1 N–H and O–H groups in total. The third-order valence-corrected chi connectivity index (χ3v) is 8.51. The molecule has 7 heteroatoms. The second-order valence-electron chi connectivity index (χ2n) is 10.1. The van der Waals surface area contributed by atoms with E-state index in [1.165, 1.54) is 5.56 Å². The number of nitrogens with one attached hydrogen (secondary N) is 1. The van der Waals surface area contributed by atoms with E-state index < -0.39 is 0 Å². The highest BCUT2D eigenvalue weighted by Crippen LogP contribution is 2.45. The SMILES string of the molecule is Cc1cccc(-c2sc(C3CC3)nc2C(=O)N2CCC[C@@H](NC(=O)c3cn(C)c4ccccc34)C2)c1. The zero-order chi connectivity index (χ0) is 24.8. The smallest absolute Gasteiger partial charge is 0.274 e. The minimum absolute atomic E-state index is 0.0289. The molecule has 2 fully saturated rings. The van der Waals surface area contributed by atoms with Gasteiger partial charge in [0.05, 0.1) is 15.4 Å². The lowest BCUT2D eigenvalue weighted by Crippen LogP contribution is -2.49. The molecule has 0 unspecified atom stereocenters. The summed E-state index contributed by atoms with van der Waals surface area (Å²) in [6.07, 6.45) is 5.90. The highest BCUT2D eigenvalue weighted by atomic mass is 32.1. The third-order valence-electron chi connectivity index (χ3n) is 7.24. The second kappa shape index (κ2) is 9.21. The van der Waals surface area contributed by atoms with Gasteiger partial charge in [0, 0.05) is 49.2 Å². The molecule has 2 aromatic carbocycles. The van der Waals surface area contributed by atoms with Crippen molar-refractivity contribution >= 4 is 34.1 Å². The Morgan fingerprint density at radius 2 is 1.92 bits per heavy atom. The Labute approximate surface area is 215 Å². The van der Waals surface area contributed by atoms with Gasteiger partial charge in [0.25, 0.3) is 11.8 Å². The number of para-hydroxylation sites is 1. The van der Waals surface area contributed by atoms with Gasteiger partial charge in [-0.2, -0.15) is 0 Å². The van der Waals surface area contributed by atoms with E-state index in [4.69, 9.17) is 4.98 Å². The van der Waals surface area contributed by atoms with Crippen molar-refractivity contribution in [2.24, 2.45) is 7.05 Å². The van der Waals surface area contributed by atoms with Crippen LogP contribution in [0, 0.1) is 6.92 Å². The van der Waals surface area contributed by atoms with Gasteiger partial charge in [-0.15, -0.1) is 11.3 Å². The lowest BCUT2D eigenvalue weighted by Gasteiger charge is -2.33. The number of rotatable bonds is 5. The Balaban J connectivity index is 1.22. The lowest BCUT2D eigenvalue weighted by molar-refractivity contribution is 0.0672. The molecule has 1 saturated heterocycles. The van der Waals surface area contributed by atoms with E-state index in [1.807, 2.05) is 53.0 Å². The van der Waals surface area contributed by atoms with Crippen molar-refractivity contribution in [1.29, 1.82) is 0 Å². The highest BCUT2D eigenvalue weighted by Gasteiger charge is 2.33. The number of benzene rings is 2. The van der Waals surface area contributed by atoms with Crippen LogP contribution in [-0.2, 0) is 7.05 Å². The summed E-state index contributed by atoms with van der Waals surface area (Å²) in [5.41, 5.74) is 4.49. The number of carbonyl (C=O) groups excluding carboxylic acids is 2. The highest BCUT2D eigenvalue weighted by molar-refractivity contribution is 7.15. The fraction of sp³-hybridized carbons (Fsp3) is 0.345. The van der Waals surface area contributed by atoms with Crippen molar-refractivity contribution < 1.29 is 9.59 Å². The quantitative estimate of drug-likeness (QED) is 0.394. The molecule has 2 aromatic heterocycles. The number of nitrogens with zero attached hydrogens (tertiary/aromatic N) is 3. The van der Waals surface area contributed by atoms with Crippen LogP contribution in [0.1, 0.15) is 63.0 Å². The molecule has 1 saturated carbocycles. The predicted octanol–water partition coefficient (Wildman–Crippen LogP) is 5.52. The van der Waals surface area contributed by atoms with Crippen LogP contribution in [0.25, 0.3) is 21.3 Å². The molecule has 0 radical (unpaired) electrons. The number of piperidine rings is 1. The summed E-state index contributed by atoms with van der Waals surface area (Å²) in [5, 5.41) is 5.22. The Hall–Kier alpha value is -3.45. The van der Waals surface area contributed by atoms with Crippen molar-refractivity contribution in [3.63, 3.8) is 0 Å². The number of aromatic nitrogens is 2. The van der Waals surface area contributed by atoms with Crippen LogP contribution in [0.5, 0.6) is 0 Å². The van der Waals surface area contributed by atoms with E-state index in [1.54, 1.807) is 11.3 Å². The molecule has 2 amide bonds. The van der Waals surface area contributed by atoms with Gasteiger partial charge in [0.15, 0.2) is 0 Å². The summed E-state index contributed by atoms with van der Waals surface area (Å²) in [6, 6.07) is 16.1. The van der Waals surface area contributed by atoms with Crippen LogP contribution in [0.15, 0.2) is 54.7 Å². The minimum atomic E-state index is -0.0868. The Morgan fingerprint density at radius 3 is 2.72 bits per heavy atom. The first-order valence-electron chi connectivity index (χ1n) is 12.7. The number of carbonyl (C=O) groups is 2. The maximum absolute atomic E-state index is 13.8. The molecule has 184 valence electrons. The first-order valence-corrected chi connectivity index (χ1v) is 13.5. The number of likely N-dealkylation sites (tertiary alicyclic amines) is 1. The van der Waals surface area contributed by atoms with Crippen molar-refractivity contribution in [3.05, 3.63) is 76.6 Å². The van der Waals surface area contributed by atoms with Gasteiger partial charge in [-0.05, 0) is 44.2 Å². The molecule has 1 atom stereocenters. The van der Waals surface area contributed by atoms with Gasteiger partial charge in [-0.25, -0.2) is 4.98 Å². The molecule has 2 aliphatic rings. The Kier molecular flexibility index (Phi) is 5.88. The molecule has 1 aliphatic heterocycles. The maximum atomic E-state index is 13.8. The van der Waals surface area contributed by atoms with Crippen LogP contribution >= 0.6 is 11.3 Å². The van der Waals surface area contributed by atoms with Crippen LogP contribution in [0.3, 0.4) is 0 Å². The lowest BCUT2D eigenvalue weighted by atomic mass is 10.0. The maximum Gasteiger partial charge on any atom is 0.274 e. The fourth-order valence-electron chi connectivity index (χ4n) is 5.18. The first-order chi connectivity index (χ1) is 17.5. The third kappa shape index (κ3) is 4.32. The van der Waals surface area contributed by atoms with Gasteiger partial charge < -0.3 is 14.8 Å². The van der Waals surface area contributed by atoms with E-state index in [9.17, 15) is 9.59 Å². The molecular weight excluding hydrogens is 468 g/mol. The Morgan fingerprint density at radius 1 is 1.08 bits per heavy atom. The number of hydrogen-bond acceptors (Lipinski definition) is 4. The molecule has 36 heavy (non-hydrogen) atoms. The predicted molar refractivity (Wildman–Crippen MR) is 144 cm³/mol. The molecule has 0 spiro atoms. The van der Waals surface area contributed by atoms with Gasteiger partial charge in [-0.1, -0.05) is 48.0 Å². The van der Waals surface area contributed by atoms with Crippen LogP contribution in [-0.4, -0.2) is 45.4 Å². The van der Waals surface area contributed by atoms with E-state index >= 15 is 0 Å². The normalized spacial score (nSPS) is 17.9. The van der Waals surface area contributed by atoms with Crippen LogP contribution < -0.4 is 5.32 Å². The largest absolute Gasteiger partial charge is 0.350 e. The van der Waals surface area contributed by atoms with Gasteiger partial charge in [0.2, 0.25) is 0 Å². The van der Waals surface area contributed by atoms with Crippen molar-refractivity contribution in [2.45, 2.75) is 44.6 Å². The van der Waals surface area contributed by atoms with E-state index in [-0.39, 0.29) is 17.9 Å². The van der Waals surface area contributed by atoms with Crippen molar-refractivity contribution in [1.82, 2.24) is 19.8 Å². The van der Waals surface area contributed by atoms with E-state index in [0.29, 0.717) is 30.3 Å². The summed E-state index contributed by atoms with van der Waals surface area (Å²) < 4.78 is 1.98. The monoisotopic (exact) mass is 498 g/mol. The fourth-order valence-corrected chi connectivity index (χ4v) is 6.41. The molecule has 4 aromatic rings. The summed E-state index contributed by atoms with van der Waals surface area (Å²) in [7, 11) is 1.95. The topological polar surface area (TPSA) is 67.2 Å². The van der Waals surface area contributed by atoms with Crippen molar-refractivity contribution in [3.8, 4) is 10.4 Å². The Bertz CT molecular complexity index is 1470. The number of aryl methyl sites for hydroxylation is 2. The second-order valence-corrected chi connectivity index (χ2v) is 11.1. The molecule has 3 heterocycles. The first kappa shape index (κ1) is 23.0. The molecule has 1 aliphatic carbocycles. The minimum Gasteiger partial charge on any atom is -0.350 e. The van der Waals surface area contributed by atoms with Gasteiger partial charge in [-0.3, -0.25) is 9.59 Å². The molecule has 6 rings (SSSR count). The summed E-state index contributed by atoms with van der Waals surface area (Å²) in [4.78, 5) is 34.7. The summed E-state index contributed by atoms with van der Waals surface area (Å²) >= 11 is 1.67. The van der Waals surface area contributed by atoms with Crippen LogP contribution in [0.4, 0.5) is 0 Å². The van der Waals surface area contributed by atoms with Crippen molar-refractivity contribution in [2.75, 3.05) is 13.1 Å². The zero-order valence-electron chi connectivity index (χ0n) is 20.7. The van der Waals surface area contributed by atoms with Crippen LogP contribution in [0.2, 0.25) is 0 Å². The van der Waals surface area contributed by atoms with Gasteiger partial charge >= 0.3 is 0 Å². The summed E-state index contributed by atoms with van der Waals surface area (Å²) in [6.45, 7) is 3.25. The van der Waals surface area contributed by atoms with E-state index in [0.717, 1.165) is 52.0 Å². The zero-order valence-corrected chi connectivity index (χ0v) is 21.5. The summed E-state index contributed by atoms with van der Waals surface area (Å²) in [5.74, 6) is 0.379. The van der Waals surface area contributed by atoms with E-state index in [2.05, 4.69) is 30.4 Å². The number of hydrogen-bond donors (Lipinski definition) is 1. The molecule has 0 bridgehead atoms. The van der Waals surface area contributed by atoms with Gasteiger partial charge in [0.1, 0.15) is 5.69 Å². The number of fused-ring (bicyclic) bond motifs is 1. The number of thiazole rings is 1. The number of amides is 2. The standard InChI is InChI=1S/C29H30N4O2S/c1-18-7-5-8-20(15-18)26-25(31-28(36-26)19-12-13-19)29(35)33-14-6-9-21(16-33)30-27(34)23-17-32(2)24-11-4-3-10-22(23)24/h3-5,7-8,10-11,15,17,19,21H,6,9,12-14,16H2,1-2H3,(H,30,34)/t21-/m1/s1. The molecule has 6 nitrogen and oxygen atoms in total.